The fraction of sp³-hybridized carbons (Fsp3) is 0.154. The Morgan fingerprint density at radius 2 is 2.24 bits per heavy atom. The molecule has 110 valence electrons. The van der Waals surface area contributed by atoms with Crippen LogP contribution in [-0.2, 0) is 6.61 Å². The number of nitro benzene ring substituents is 1. The summed E-state index contributed by atoms with van der Waals surface area (Å²) in [6.07, 6.45) is 0. The summed E-state index contributed by atoms with van der Waals surface area (Å²) in [7, 11) is 0. The zero-order valence-electron chi connectivity index (χ0n) is 10.8. The number of carboxylic acids is 1. The first-order valence-electron chi connectivity index (χ1n) is 5.78. The standard InChI is InChI=1S/C13H10BrNO5S/c1-7-8(5-11(21-7)13(16)17)6-20-10-4-2-3-9(12(10)14)15(18)19/h2-5H,6H2,1H3,(H,16,17). The number of carbonyl (C=O) groups is 1. The molecule has 2 aromatic rings. The Labute approximate surface area is 132 Å². The van der Waals surface area contributed by atoms with Crippen LogP contribution < -0.4 is 4.74 Å². The van der Waals surface area contributed by atoms with Crippen molar-refractivity contribution in [2.45, 2.75) is 13.5 Å². The molecule has 0 radical (unpaired) electrons. The number of carboxylic acid groups (broad SMARTS) is 1. The Balaban J connectivity index is 2.19. The van der Waals surface area contributed by atoms with Gasteiger partial charge in [-0.2, -0.15) is 0 Å². The van der Waals surface area contributed by atoms with Gasteiger partial charge in [-0.25, -0.2) is 4.79 Å². The third-order valence-electron chi connectivity index (χ3n) is 2.75. The van der Waals surface area contributed by atoms with Gasteiger partial charge in [-0.3, -0.25) is 10.1 Å². The van der Waals surface area contributed by atoms with Crippen LogP contribution in [-0.4, -0.2) is 16.0 Å². The second-order valence-corrected chi connectivity index (χ2v) is 6.18. The van der Waals surface area contributed by atoms with Crippen molar-refractivity contribution < 1.29 is 19.6 Å². The lowest BCUT2D eigenvalue weighted by Crippen LogP contribution is -1.98. The molecule has 0 atom stereocenters. The maximum atomic E-state index is 10.9. The molecule has 1 aromatic carbocycles. The van der Waals surface area contributed by atoms with Gasteiger partial charge in [0.15, 0.2) is 0 Å². The van der Waals surface area contributed by atoms with E-state index in [-0.39, 0.29) is 21.6 Å². The maximum absolute atomic E-state index is 10.9. The van der Waals surface area contributed by atoms with Crippen LogP contribution in [0.25, 0.3) is 0 Å². The van der Waals surface area contributed by atoms with Crippen molar-refractivity contribution in [3.8, 4) is 5.75 Å². The summed E-state index contributed by atoms with van der Waals surface area (Å²) >= 11 is 4.31. The summed E-state index contributed by atoms with van der Waals surface area (Å²) in [5.74, 6) is -0.641. The van der Waals surface area contributed by atoms with Gasteiger partial charge in [0.1, 0.15) is 21.7 Å². The van der Waals surface area contributed by atoms with Crippen molar-refractivity contribution in [1.29, 1.82) is 0 Å². The van der Waals surface area contributed by atoms with E-state index >= 15 is 0 Å². The van der Waals surface area contributed by atoms with Gasteiger partial charge in [-0.15, -0.1) is 11.3 Å². The molecule has 1 N–H and O–H groups in total. The Hall–Kier alpha value is -1.93. The fourth-order valence-corrected chi connectivity index (χ4v) is 3.07. The number of benzene rings is 1. The molecule has 0 amide bonds. The maximum Gasteiger partial charge on any atom is 0.345 e. The van der Waals surface area contributed by atoms with Crippen LogP contribution in [0.2, 0.25) is 0 Å². The number of ether oxygens (including phenoxy) is 1. The number of nitro groups is 1. The first-order valence-corrected chi connectivity index (χ1v) is 7.39. The number of nitrogens with zero attached hydrogens (tertiary/aromatic N) is 1. The predicted octanol–water partition coefficient (Wildman–Crippen LogP) is 4.00. The number of hydrogen-bond donors (Lipinski definition) is 1. The Bertz CT molecular complexity index is 713. The molecule has 0 aliphatic rings. The molecule has 0 aliphatic heterocycles. The average Bonchev–Trinajstić information content (AvgIpc) is 2.79. The van der Waals surface area contributed by atoms with Gasteiger partial charge in [0, 0.05) is 16.5 Å². The van der Waals surface area contributed by atoms with Gasteiger partial charge in [0.05, 0.1) is 4.92 Å². The number of halogens is 1. The monoisotopic (exact) mass is 371 g/mol. The molecule has 6 nitrogen and oxygen atoms in total. The number of rotatable bonds is 5. The molecule has 0 unspecified atom stereocenters. The van der Waals surface area contributed by atoms with Crippen molar-refractivity contribution in [3.05, 3.63) is 54.2 Å². The molecule has 2 rings (SSSR count). The molecule has 0 bridgehead atoms. The number of aryl methyl sites for hydroxylation is 1. The Morgan fingerprint density at radius 1 is 1.52 bits per heavy atom. The second kappa shape index (κ2) is 6.23. The minimum absolute atomic E-state index is 0.0826. The molecular weight excluding hydrogens is 362 g/mol. The van der Waals surface area contributed by atoms with E-state index in [9.17, 15) is 14.9 Å². The number of hydrogen-bond acceptors (Lipinski definition) is 5. The van der Waals surface area contributed by atoms with Gasteiger partial charge in [0.25, 0.3) is 5.69 Å². The van der Waals surface area contributed by atoms with E-state index < -0.39 is 10.9 Å². The Morgan fingerprint density at radius 3 is 2.81 bits per heavy atom. The quantitative estimate of drug-likeness (QED) is 0.633. The molecule has 1 aromatic heterocycles. The van der Waals surface area contributed by atoms with E-state index in [1.807, 2.05) is 0 Å². The largest absolute Gasteiger partial charge is 0.487 e. The van der Waals surface area contributed by atoms with E-state index in [2.05, 4.69) is 15.9 Å². The highest BCUT2D eigenvalue weighted by molar-refractivity contribution is 9.10. The highest BCUT2D eigenvalue weighted by atomic mass is 79.9. The van der Waals surface area contributed by atoms with E-state index in [1.165, 1.54) is 23.5 Å². The van der Waals surface area contributed by atoms with E-state index in [4.69, 9.17) is 9.84 Å². The smallest absolute Gasteiger partial charge is 0.345 e. The van der Waals surface area contributed by atoms with Gasteiger partial charge >= 0.3 is 5.97 Å². The number of thiophene rings is 1. The first-order chi connectivity index (χ1) is 9.90. The third kappa shape index (κ3) is 3.40. The van der Waals surface area contributed by atoms with Crippen LogP contribution in [0.5, 0.6) is 5.75 Å². The lowest BCUT2D eigenvalue weighted by atomic mass is 10.2. The van der Waals surface area contributed by atoms with Crippen LogP contribution in [0.3, 0.4) is 0 Å². The normalized spacial score (nSPS) is 10.4. The topological polar surface area (TPSA) is 89.7 Å². The summed E-state index contributed by atoms with van der Waals surface area (Å²) in [6, 6.07) is 6.06. The lowest BCUT2D eigenvalue weighted by Gasteiger charge is -2.07. The second-order valence-electron chi connectivity index (χ2n) is 4.13. The summed E-state index contributed by atoms with van der Waals surface area (Å²) in [6.45, 7) is 1.95. The minimum Gasteiger partial charge on any atom is -0.487 e. The van der Waals surface area contributed by atoms with E-state index in [0.717, 1.165) is 10.4 Å². The molecule has 0 saturated carbocycles. The molecule has 1 heterocycles. The van der Waals surface area contributed by atoms with Gasteiger partial charge in [-0.05, 0) is 35.0 Å². The summed E-state index contributed by atoms with van der Waals surface area (Å²) in [5, 5.41) is 19.8. The van der Waals surface area contributed by atoms with Crippen molar-refractivity contribution in [2.75, 3.05) is 0 Å². The molecule has 21 heavy (non-hydrogen) atoms. The number of aromatic carboxylic acids is 1. The predicted molar refractivity (Wildman–Crippen MR) is 81.1 cm³/mol. The first kappa shape index (κ1) is 15.5. The Kier molecular flexibility index (Phi) is 4.59. The summed E-state index contributed by atoms with van der Waals surface area (Å²) in [4.78, 5) is 22.3. The molecule has 0 saturated heterocycles. The molecule has 0 spiro atoms. The van der Waals surface area contributed by atoms with Crippen molar-refractivity contribution >= 4 is 38.9 Å². The molecule has 0 aliphatic carbocycles. The fourth-order valence-electron chi connectivity index (χ4n) is 1.68. The van der Waals surface area contributed by atoms with Crippen molar-refractivity contribution in [3.63, 3.8) is 0 Å². The summed E-state index contributed by atoms with van der Waals surface area (Å²) < 4.78 is 5.82. The van der Waals surface area contributed by atoms with Gasteiger partial charge < -0.3 is 9.84 Å². The van der Waals surface area contributed by atoms with Crippen LogP contribution in [0.1, 0.15) is 20.1 Å². The lowest BCUT2D eigenvalue weighted by molar-refractivity contribution is -0.385. The highest BCUT2D eigenvalue weighted by Crippen LogP contribution is 2.34. The van der Waals surface area contributed by atoms with Crippen molar-refractivity contribution in [2.24, 2.45) is 0 Å². The van der Waals surface area contributed by atoms with Crippen LogP contribution >= 0.6 is 27.3 Å². The van der Waals surface area contributed by atoms with Gasteiger partial charge in [-0.1, -0.05) is 6.07 Å². The van der Waals surface area contributed by atoms with E-state index in [0.29, 0.717) is 5.75 Å². The zero-order chi connectivity index (χ0) is 15.6. The molecule has 0 fully saturated rings. The zero-order valence-corrected chi connectivity index (χ0v) is 13.2. The molecular formula is C13H10BrNO5S. The van der Waals surface area contributed by atoms with Gasteiger partial charge in [0.2, 0.25) is 0 Å². The molecule has 8 heteroatoms. The minimum atomic E-state index is -0.981. The third-order valence-corrected chi connectivity index (χ3v) is 4.63. The average molecular weight is 372 g/mol. The van der Waals surface area contributed by atoms with Crippen molar-refractivity contribution in [1.82, 2.24) is 0 Å². The SMILES string of the molecule is Cc1sc(C(=O)O)cc1COc1cccc([N+](=O)[O-])c1Br. The van der Waals surface area contributed by atoms with Crippen LogP contribution in [0, 0.1) is 17.0 Å². The summed E-state index contributed by atoms with van der Waals surface area (Å²) in [5.41, 5.74) is 0.663. The van der Waals surface area contributed by atoms with Crippen LogP contribution in [0.15, 0.2) is 28.7 Å². The van der Waals surface area contributed by atoms with E-state index in [1.54, 1.807) is 19.1 Å². The van der Waals surface area contributed by atoms with Crippen LogP contribution in [0.4, 0.5) is 5.69 Å². The highest BCUT2D eigenvalue weighted by Gasteiger charge is 2.17.